The van der Waals surface area contributed by atoms with Gasteiger partial charge in [0.1, 0.15) is 0 Å². The molecule has 1 heterocycles. The maximum Gasteiger partial charge on any atom is 0.259 e. The van der Waals surface area contributed by atoms with Crippen LogP contribution in [0.3, 0.4) is 0 Å². The third-order valence-corrected chi connectivity index (χ3v) is 3.94. The van der Waals surface area contributed by atoms with E-state index >= 15 is 0 Å². The molecule has 1 aliphatic rings. The van der Waals surface area contributed by atoms with Crippen molar-refractivity contribution in [2.75, 3.05) is 32.0 Å². The second kappa shape index (κ2) is 6.72. The summed E-state index contributed by atoms with van der Waals surface area (Å²) in [5.74, 6) is 0.701. The molecule has 2 N–H and O–H groups in total. The number of methoxy groups -OCH3 is 3. The number of nitrogens with one attached hydrogen (secondary N) is 2. The molecule has 3 rings (SSSR count). The van der Waals surface area contributed by atoms with Crippen molar-refractivity contribution in [3.05, 3.63) is 41.5 Å². The number of fused-ring (bicyclic) bond motifs is 1. The lowest BCUT2D eigenvalue weighted by Crippen LogP contribution is -2.14. The van der Waals surface area contributed by atoms with Crippen LogP contribution >= 0.6 is 0 Å². The van der Waals surface area contributed by atoms with E-state index in [0.717, 1.165) is 11.3 Å². The van der Waals surface area contributed by atoms with Crippen molar-refractivity contribution in [1.82, 2.24) is 0 Å². The highest BCUT2D eigenvalue weighted by Crippen LogP contribution is 2.40. The Kier molecular flexibility index (Phi) is 4.47. The van der Waals surface area contributed by atoms with Crippen LogP contribution in [0.2, 0.25) is 0 Å². The largest absolute Gasteiger partial charge is 0.493 e. The molecule has 25 heavy (non-hydrogen) atoms. The zero-order chi connectivity index (χ0) is 18.0. The summed E-state index contributed by atoms with van der Waals surface area (Å²) in [4.78, 5) is 24.1. The van der Waals surface area contributed by atoms with Crippen molar-refractivity contribution in [3.8, 4) is 17.2 Å². The molecule has 0 unspecified atom stereocenters. The smallest absolute Gasteiger partial charge is 0.259 e. The third kappa shape index (κ3) is 3.08. The van der Waals surface area contributed by atoms with Crippen LogP contribution < -0.4 is 24.8 Å². The Morgan fingerprint density at radius 2 is 1.80 bits per heavy atom. The average molecular weight is 342 g/mol. The number of hydrogen-bond donors (Lipinski definition) is 2. The van der Waals surface area contributed by atoms with E-state index < -0.39 is 0 Å². The Balaban J connectivity index is 1.89. The van der Waals surface area contributed by atoms with E-state index in [1.807, 2.05) is 0 Å². The maximum absolute atomic E-state index is 12.7. The van der Waals surface area contributed by atoms with Crippen molar-refractivity contribution in [2.24, 2.45) is 0 Å². The van der Waals surface area contributed by atoms with Gasteiger partial charge in [0.15, 0.2) is 11.5 Å². The van der Waals surface area contributed by atoms with Crippen LogP contribution in [0.4, 0.5) is 11.4 Å². The molecule has 0 aliphatic carbocycles. The summed E-state index contributed by atoms with van der Waals surface area (Å²) in [7, 11) is 4.45. The summed E-state index contributed by atoms with van der Waals surface area (Å²) in [6.07, 6.45) is 0.304. The highest BCUT2D eigenvalue weighted by molar-refractivity contribution is 6.07. The summed E-state index contributed by atoms with van der Waals surface area (Å²) >= 11 is 0. The van der Waals surface area contributed by atoms with Crippen molar-refractivity contribution >= 4 is 23.2 Å². The molecule has 0 saturated heterocycles. The van der Waals surface area contributed by atoms with E-state index in [1.54, 1.807) is 30.3 Å². The molecule has 0 saturated carbocycles. The first-order valence-corrected chi connectivity index (χ1v) is 7.60. The number of hydrogen-bond acceptors (Lipinski definition) is 5. The number of carbonyl (C=O) groups excluding carboxylic acids is 2. The maximum atomic E-state index is 12.7. The number of carbonyl (C=O) groups is 2. The predicted molar refractivity (Wildman–Crippen MR) is 92.8 cm³/mol. The van der Waals surface area contributed by atoms with Crippen LogP contribution in [-0.4, -0.2) is 33.1 Å². The lowest BCUT2D eigenvalue weighted by atomic mass is 10.1. The highest BCUT2D eigenvalue weighted by atomic mass is 16.5. The van der Waals surface area contributed by atoms with Crippen LogP contribution in [0.15, 0.2) is 30.3 Å². The second-order valence-corrected chi connectivity index (χ2v) is 5.43. The van der Waals surface area contributed by atoms with Gasteiger partial charge < -0.3 is 24.8 Å². The van der Waals surface area contributed by atoms with Gasteiger partial charge in [0, 0.05) is 11.4 Å². The van der Waals surface area contributed by atoms with Gasteiger partial charge in [0.2, 0.25) is 11.7 Å². The molecule has 0 spiro atoms. The number of rotatable bonds is 5. The molecule has 130 valence electrons. The monoisotopic (exact) mass is 342 g/mol. The molecule has 0 atom stereocenters. The van der Waals surface area contributed by atoms with Gasteiger partial charge in [-0.3, -0.25) is 9.59 Å². The quantitative estimate of drug-likeness (QED) is 0.872. The molecule has 2 aromatic rings. The lowest BCUT2D eigenvalue weighted by molar-refractivity contribution is -0.115. The molecule has 1 aliphatic heterocycles. The molecule has 0 aromatic heterocycles. The van der Waals surface area contributed by atoms with E-state index in [-0.39, 0.29) is 17.6 Å². The fourth-order valence-electron chi connectivity index (χ4n) is 2.79. The van der Waals surface area contributed by atoms with Gasteiger partial charge in [-0.25, -0.2) is 0 Å². The molecule has 7 nitrogen and oxygen atoms in total. The molecule has 0 radical (unpaired) electrons. The first-order chi connectivity index (χ1) is 12.1. The van der Waals surface area contributed by atoms with Crippen LogP contribution in [0.5, 0.6) is 17.2 Å². The van der Waals surface area contributed by atoms with E-state index in [1.165, 1.54) is 21.3 Å². The van der Waals surface area contributed by atoms with E-state index in [9.17, 15) is 9.59 Å². The lowest BCUT2D eigenvalue weighted by Gasteiger charge is -2.15. The van der Waals surface area contributed by atoms with Crippen LogP contribution in [0, 0.1) is 0 Å². The van der Waals surface area contributed by atoms with Gasteiger partial charge in [-0.05, 0) is 35.9 Å². The number of ether oxygens (including phenoxy) is 3. The third-order valence-electron chi connectivity index (χ3n) is 3.94. The van der Waals surface area contributed by atoms with Crippen molar-refractivity contribution < 1.29 is 23.8 Å². The Morgan fingerprint density at radius 3 is 2.48 bits per heavy atom. The first-order valence-electron chi connectivity index (χ1n) is 7.60. The predicted octanol–water partition coefficient (Wildman–Crippen LogP) is 2.46. The zero-order valence-corrected chi connectivity index (χ0v) is 14.1. The molecule has 0 bridgehead atoms. The molecular weight excluding hydrogens is 324 g/mol. The number of benzene rings is 2. The van der Waals surface area contributed by atoms with Crippen LogP contribution in [0.1, 0.15) is 15.9 Å². The van der Waals surface area contributed by atoms with Crippen molar-refractivity contribution in [1.29, 1.82) is 0 Å². The minimum absolute atomic E-state index is 0.0555. The molecule has 7 heteroatoms. The normalized spacial score (nSPS) is 12.2. The van der Waals surface area contributed by atoms with Crippen molar-refractivity contribution in [3.63, 3.8) is 0 Å². The van der Waals surface area contributed by atoms with Gasteiger partial charge in [-0.1, -0.05) is 0 Å². The summed E-state index contributed by atoms with van der Waals surface area (Å²) in [5, 5.41) is 5.57. The molecule has 0 fully saturated rings. The topological polar surface area (TPSA) is 85.9 Å². The average Bonchev–Trinajstić information content (AvgIpc) is 2.99. The Morgan fingerprint density at radius 1 is 1.04 bits per heavy atom. The molecule has 2 amide bonds. The minimum atomic E-state index is -0.352. The summed E-state index contributed by atoms with van der Waals surface area (Å²) < 4.78 is 15.8. The van der Waals surface area contributed by atoms with Gasteiger partial charge in [0.05, 0.1) is 33.3 Å². The Labute approximate surface area is 144 Å². The number of amides is 2. The Hall–Kier alpha value is -3.22. The summed E-state index contributed by atoms with van der Waals surface area (Å²) in [6.45, 7) is 0. The minimum Gasteiger partial charge on any atom is -0.493 e. The Bertz CT molecular complexity index is 848. The molecule has 2 aromatic carbocycles. The standard InChI is InChI=1S/C18H18N2O5/c1-23-14-7-5-12(16(24-2)17(14)25-3)18(22)19-11-4-6-13-10(8-11)9-15(21)20-13/h4-8H,9H2,1-3H3,(H,19,22)(H,20,21). The van der Waals surface area contributed by atoms with E-state index in [2.05, 4.69) is 10.6 Å². The fraction of sp³-hybridized carbons (Fsp3) is 0.222. The van der Waals surface area contributed by atoms with Crippen LogP contribution in [0.25, 0.3) is 0 Å². The highest BCUT2D eigenvalue weighted by Gasteiger charge is 2.22. The van der Waals surface area contributed by atoms with Gasteiger partial charge in [-0.15, -0.1) is 0 Å². The number of anilines is 2. The van der Waals surface area contributed by atoms with Gasteiger partial charge >= 0.3 is 0 Å². The fourth-order valence-corrected chi connectivity index (χ4v) is 2.79. The SMILES string of the molecule is COc1ccc(C(=O)Nc2ccc3c(c2)CC(=O)N3)c(OC)c1OC. The zero-order valence-electron chi connectivity index (χ0n) is 14.1. The summed E-state index contributed by atoms with van der Waals surface area (Å²) in [6, 6.07) is 8.52. The van der Waals surface area contributed by atoms with Gasteiger partial charge in [-0.2, -0.15) is 0 Å². The van der Waals surface area contributed by atoms with E-state index in [0.29, 0.717) is 29.2 Å². The summed E-state index contributed by atoms with van der Waals surface area (Å²) in [5.41, 5.74) is 2.53. The van der Waals surface area contributed by atoms with Gasteiger partial charge in [0.25, 0.3) is 5.91 Å². The molecular formula is C18H18N2O5. The van der Waals surface area contributed by atoms with Crippen LogP contribution in [-0.2, 0) is 11.2 Å². The second-order valence-electron chi connectivity index (χ2n) is 5.43. The first kappa shape index (κ1) is 16.6. The van der Waals surface area contributed by atoms with E-state index in [4.69, 9.17) is 14.2 Å². The van der Waals surface area contributed by atoms with Crippen molar-refractivity contribution in [2.45, 2.75) is 6.42 Å².